The van der Waals surface area contributed by atoms with Crippen molar-refractivity contribution in [1.29, 1.82) is 0 Å². The molecule has 1 atom stereocenters. The van der Waals surface area contributed by atoms with Crippen molar-refractivity contribution < 1.29 is 4.79 Å². The number of hydrogen-bond acceptors (Lipinski definition) is 5. The standard InChI is InChI=1S/C24H23ClN6O/c1-16-11-19(28-22-6-2-3-9-26-22)12-20(27-16)17-5-4-10-30(13-17)24(32)21-15-31-14-18(25)7-8-23(31)29-21/h2-3,6-9,11-12,14-15,17H,4-5,10,13H2,1H3,(H,26,27,28). The van der Waals surface area contributed by atoms with E-state index < -0.39 is 0 Å². The Kier molecular flexibility index (Phi) is 5.49. The molecule has 1 unspecified atom stereocenters. The van der Waals surface area contributed by atoms with Crippen LogP contribution >= 0.6 is 11.6 Å². The molecule has 0 saturated carbocycles. The second kappa shape index (κ2) is 8.59. The molecule has 0 bridgehead atoms. The van der Waals surface area contributed by atoms with E-state index >= 15 is 0 Å². The number of aryl methyl sites for hydroxylation is 1. The van der Waals surface area contributed by atoms with Gasteiger partial charge in [-0.1, -0.05) is 17.7 Å². The lowest BCUT2D eigenvalue weighted by molar-refractivity contribution is 0.0700. The highest BCUT2D eigenvalue weighted by molar-refractivity contribution is 6.30. The number of rotatable bonds is 4. The molecule has 0 radical (unpaired) electrons. The van der Waals surface area contributed by atoms with Gasteiger partial charge in [0, 0.05) is 54.7 Å². The minimum atomic E-state index is -0.0611. The van der Waals surface area contributed by atoms with Crippen molar-refractivity contribution in [3.8, 4) is 0 Å². The van der Waals surface area contributed by atoms with Crippen LogP contribution in [0.5, 0.6) is 0 Å². The highest BCUT2D eigenvalue weighted by Crippen LogP contribution is 2.29. The first-order chi connectivity index (χ1) is 15.5. The van der Waals surface area contributed by atoms with Crippen LogP contribution in [0.25, 0.3) is 5.65 Å². The summed E-state index contributed by atoms with van der Waals surface area (Å²) in [6.45, 7) is 3.32. The van der Waals surface area contributed by atoms with Crippen molar-refractivity contribution in [1.82, 2.24) is 24.3 Å². The Balaban J connectivity index is 1.35. The summed E-state index contributed by atoms with van der Waals surface area (Å²) in [4.78, 5) is 28.7. The van der Waals surface area contributed by atoms with E-state index in [1.165, 1.54) is 0 Å². The molecule has 7 nitrogen and oxygen atoms in total. The van der Waals surface area contributed by atoms with Gasteiger partial charge in [-0.05, 0) is 56.2 Å². The molecular weight excluding hydrogens is 424 g/mol. The lowest BCUT2D eigenvalue weighted by Crippen LogP contribution is -2.39. The van der Waals surface area contributed by atoms with Gasteiger partial charge in [0.05, 0.1) is 5.02 Å². The molecule has 1 amide bonds. The second-order valence-electron chi connectivity index (χ2n) is 8.09. The number of carbonyl (C=O) groups excluding carboxylic acids is 1. The van der Waals surface area contributed by atoms with Crippen LogP contribution in [0.3, 0.4) is 0 Å². The van der Waals surface area contributed by atoms with Crippen molar-refractivity contribution in [3.63, 3.8) is 0 Å². The van der Waals surface area contributed by atoms with E-state index in [-0.39, 0.29) is 11.8 Å². The Morgan fingerprint density at radius 2 is 2.06 bits per heavy atom. The monoisotopic (exact) mass is 446 g/mol. The Labute approximate surface area is 191 Å². The molecule has 0 spiro atoms. The fraction of sp³-hybridized carbons (Fsp3) is 0.250. The predicted molar refractivity (Wildman–Crippen MR) is 125 cm³/mol. The van der Waals surface area contributed by atoms with Gasteiger partial charge in [-0.15, -0.1) is 0 Å². The number of nitrogens with zero attached hydrogens (tertiary/aromatic N) is 5. The lowest BCUT2D eigenvalue weighted by Gasteiger charge is -2.32. The normalized spacial score (nSPS) is 16.3. The summed E-state index contributed by atoms with van der Waals surface area (Å²) in [6.07, 6.45) is 7.17. The van der Waals surface area contributed by atoms with Gasteiger partial charge in [-0.3, -0.25) is 9.78 Å². The van der Waals surface area contributed by atoms with Crippen molar-refractivity contribution in [3.05, 3.63) is 83.2 Å². The molecule has 0 aliphatic carbocycles. The minimum Gasteiger partial charge on any atom is -0.340 e. The average molecular weight is 447 g/mol. The average Bonchev–Trinajstić information content (AvgIpc) is 3.22. The fourth-order valence-electron chi connectivity index (χ4n) is 4.19. The summed E-state index contributed by atoms with van der Waals surface area (Å²) in [5.74, 6) is 0.897. The number of nitrogens with one attached hydrogen (secondary N) is 1. The van der Waals surface area contributed by atoms with E-state index in [0.717, 1.165) is 42.3 Å². The molecule has 5 rings (SSSR count). The van der Waals surface area contributed by atoms with Gasteiger partial charge in [0.15, 0.2) is 0 Å². The van der Waals surface area contributed by atoms with Crippen LogP contribution in [0, 0.1) is 6.92 Å². The number of anilines is 2. The molecular formula is C24H23ClN6O. The third-order valence-corrected chi connectivity index (χ3v) is 5.90. The smallest absolute Gasteiger partial charge is 0.274 e. The number of likely N-dealkylation sites (tertiary alicyclic amines) is 1. The molecule has 4 aromatic heterocycles. The van der Waals surface area contributed by atoms with Gasteiger partial charge >= 0.3 is 0 Å². The molecule has 4 aromatic rings. The van der Waals surface area contributed by atoms with Gasteiger partial charge in [0.25, 0.3) is 5.91 Å². The predicted octanol–water partition coefficient (Wildman–Crippen LogP) is 4.85. The number of hydrogen-bond donors (Lipinski definition) is 1. The molecule has 1 fully saturated rings. The van der Waals surface area contributed by atoms with Gasteiger partial charge in [-0.25, -0.2) is 9.97 Å². The van der Waals surface area contributed by atoms with Crippen LogP contribution in [0.15, 0.2) is 61.1 Å². The Morgan fingerprint density at radius 3 is 2.91 bits per heavy atom. The summed E-state index contributed by atoms with van der Waals surface area (Å²) in [7, 11) is 0. The van der Waals surface area contributed by atoms with E-state index in [9.17, 15) is 4.79 Å². The van der Waals surface area contributed by atoms with Crippen LogP contribution in [-0.4, -0.2) is 43.2 Å². The van der Waals surface area contributed by atoms with Crippen LogP contribution in [0.4, 0.5) is 11.5 Å². The summed E-state index contributed by atoms with van der Waals surface area (Å²) in [6, 6.07) is 13.4. The van der Waals surface area contributed by atoms with Gasteiger partial charge in [0.2, 0.25) is 0 Å². The number of piperidine rings is 1. The molecule has 1 N–H and O–H groups in total. The first-order valence-electron chi connectivity index (χ1n) is 10.7. The molecule has 0 aromatic carbocycles. The SMILES string of the molecule is Cc1cc(Nc2ccccn2)cc(C2CCCN(C(=O)c3cn4cc(Cl)ccc4n3)C2)n1. The molecule has 1 saturated heterocycles. The molecule has 5 heterocycles. The van der Waals surface area contributed by atoms with Crippen LogP contribution in [-0.2, 0) is 0 Å². The van der Waals surface area contributed by atoms with Crippen molar-refractivity contribution in [2.24, 2.45) is 0 Å². The minimum absolute atomic E-state index is 0.0611. The van der Waals surface area contributed by atoms with E-state index in [1.807, 2.05) is 42.2 Å². The van der Waals surface area contributed by atoms with Gasteiger partial charge in [-0.2, -0.15) is 0 Å². The highest BCUT2D eigenvalue weighted by Gasteiger charge is 2.28. The van der Waals surface area contributed by atoms with Crippen molar-refractivity contribution >= 4 is 34.7 Å². The quantitative estimate of drug-likeness (QED) is 0.485. The summed E-state index contributed by atoms with van der Waals surface area (Å²) in [5, 5.41) is 3.95. The van der Waals surface area contributed by atoms with Crippen LogP contribution in [0.2, 0.25) is 5.02 Å². The maximum Gasteiger partial charge on any atom is 0.274 e. The Hall–Kier alpha value is -3.45. The summed E-state index contributed by atoms with van der Waals surface area (Å²) in [5.41, 5.74) is 4.01. The van der Waals surface area contributed by atoms with Crippen LogP contribution < -0.4 is 5.32 Å². The fourth-order valence-corrected chi connectivity index (χ4v) is 4.36. The molecule has 8 heteroatoms. The molecule has 162 valence electrons. The first-order valence-corrected chi connectivity index (χ1v) is 11.0. The number of pyridine rings is 3. The maximum absolute atomic E-state index is 13.2. The van der Waals surface area contributed by atoms with Crippen molar-refractivity contribution in [2.75, 3.05) is 18.4 Å². The number of aromatic nitrogens is 4. The lowest BCUT2D eigenvalue weighted by atomic mass is 9.93. The Morgan fingerprint density at radius 1 is 1.16 bits per heavy atom. The maximum atomic E-state index is 13.2. The van der Waals surface area contributed by atoms with Crippen molar-refractivity contribution in [2.45, 2.75) is 25.7 Å². The highest BCUT2D eigenvalue weighted by atomic mass is 35.5. The third-order valence-electron chi connectivity index (χ3n) is 5.67. The molecule has 32 heavy (non-hydrogen) atoms. The van der Waals surface area contributed by atoms with E-state index in [0.29, 0.717) is 22.9 Å². The topological polar surface area (TPSA) is 75.4 Å². The Bertz CT molecular complexity index is 1270. The second-order valence-corrected chi connectivity index (χ2v) is 8.53. The van der Waals surface area contributed by atoms with E-state index in [2.05, 4.69) is 21.4 Å². The summed E-state index contributed by atoms with van der Waals surface area (Å²) < 4.78 is 1.79. The summed E-state index contributed by atoms with van der Waals surface area (Å²) >= 11 is 6.06. The van der Waals surface area contributed by atoms with Crippen LogP contribution in [0.1, 0.15) is 40.6 Å². The third kappa shape index (κ3) is 4.29. The number of fused-ring (bicyclic) bond motifs is 1. The zero-order valence-electron chi connectivity index (χ0n) is 17.7. The van der Waals surface area contributed by atoms with E-state index in [4.69, 9.17) is 16.6 Å². The molecule has 1 aliphatic heterocycles. The van der Waals surface area contributed by atoms with Gasteiger partial charge < -0.3 is 14.6 Å². The molecule has 1 aliphatic rings. The number of carbonyl (C=O) groups is 1. The zero-order valence-corrected chi connectivity index (χ0v) is 18.5. The van der Waals surface area contributed by atoms with Gasteiger partial charge in [0.1, 0.15) is 17.2 Å². The number of halogens is 1. The first kappa shape index (κ1) is 20.5. The number of amides is 1. The zero-order chi connectivity index (χ0) is 22.1. The number of imidazole rings is 1. The van der Waals surface area contributed by atoms with E-state index in [1.54, 1.807) is 29.1 Å². The largest absolute Gasteiger partial charge is 0.340 e.